The van der Waals surface area contributed by atoms with Crippen LogP contribution in [0.3, 0.4) is 0 Å². The molecule has 0 unspecified atom stereocenters. The molecule has 0 bridgehead atoms. The summed E-state index contributed by atoms with van der Waals surface area (Å²) in [6, 6.07) is 1.72. The molecule has 0 aliphatic heterocycles. The summed E-state index contributed by atoms with van der Waals surface area (Å²) < 4.78 is 5.03. The maximum Gasteiger partial charge on any atom is 0.295 e. The molecular weight excluding hydrogens is 322 g/mol. The van der Waals surface area contributed by atoms with Gasteiger partial charge in [0.2, 0.25) is 5.82 Å². The average Bonchev–Trinajstić information content (AvgIpc) is 3.34. The molecule has 0 fully saturated rings. The minimum absolute atomic E-state index is 0.0515. The number of carbonyl (C=O) groups excluding carboxylic acids is 1. The van der Waals surface area contributed by atoms with Crippen LogP contribution in [0.25, 0.3) is 5.78 Å². The van der Waals surface area contributed by atoms with E-state index in [1.165, 1.54) is 4.52 Å². The molecule has 0 saturated heterocycles. The highest BCUT2D eigenvalue weighted by Crippen LogP contribution is 2.09. The van der Waals surface area contributed by atoms with E-state index in [2.05, 4.69) is 30.6 Å². The molecule has 25 heavy (non-hydrogen) atoms. The van der Waals surface area contributed by atoms with Crippen LogP contribution in [0.1, 0.15) is 23.1 Å². The Morgan fingerprint density at radius 3 is 2.88 bits per heavy atom. The molecule has 0 saturated carbocycles. The monoisotopic (exact) mass is 337 g/mol. The number of hydrogen-bond acceptors (Lipinski definition) is 6. The molecule has 1 N–H and O–H groups in total. The number of anilines is 1. The molecule has 0 atom stereocenters. The molecule has 4 aromatic heterocycles. The van der Waals surface area contributed by atoms with Gasteiger partial charge in [-0.2, -0.15) is 15.2 Å². The van der Waals surface area contributed by atoms with Crippen LogP contribution < -0.4 is 5.32 Å². The van der Waals surface area contributed by atoms with Crippen molar-refractivity contribution < 1.29 is 4.79 Å². The fourth-order valence-electron chi connectivity index (χ4n) is 2.38. The third kappa shape index (κ3) is 3.09. The zero-order valence-corrected chi connectivity index (χ0v) is 13.4. The van der Waals surface area contributed by atoms with E-state index in [0.29, 0.717) is 18.0 Å². The Bertz CT molecular complexity index is 995. The van der Waals surface area contributed by atoms with Crippen molar-refractivity contribution in [2.24, 2.45) is 0 Å². The Morgan fingerprint density at radius 1 is 1.20 bits per heavy atom. The summed E-state index contributed by atoms with van der Waals surface area (Å²) in [5, 5.41) is 15.3. The first-order chi connectivity index (χ1) is 12.2. The summed E-state index contributed by atoms with van der Waals surface area (Å²) >= 11 is 0. The first-order valence-electron chi connectivity index (χ1n) is 7.74. The Labute approximate surface area is 142 Å². The van der Waals surface area contributed by atoms with Crippen molar-refractivity contribution in [1.82, 2.24) is 39.1 Å². The summed E-state index contributed by atoms with van der Waals surface area (Å²) in [5.41, 5.74) is 1.61. The summed E-state index contributed by atoms with van der Waals surface area (Å²) in [6.45, 7) is 3.43. The summed E-state index contributed by atoms with van der Waals surface area (Å²) in [4.78, 5) is 20.4. The smallest absolute Gasteiger partial charge is 0.295 e. The fourth-order valence-corrected chi connectivity index (χ4v) is 2.38. The molecule has 10 nitrogen and oxygen atoms in total. The van der Waals surface area contributed by atoms with Crippen LogP contribution in [0.5, 0.6) is 0 Å². The van der Waals surface area contributed by atoms with Crippen LogP contribution in [0.2, 0.25) is 0 Å². The van der Waals surface area contributed by atoms with E-state index in [-0.39, 0.29) is 5.82 Å². The van der Waals surface area contributed by atoms with Gasteiger partial charge in [0.05, 0.1) is 24.6 Å². The molecule has 0 radical (unpaired) electrons. The second kappa shape index (κ2) is 6.15. The van der Waals surface area contributed by atoms with Crippen LogP contribution in [0, 0.1) is 0 Å². The molecule has 126 valence electrons. The first kappa shape index (κ1) is 15.0. The maximum atomic E-state index is 12.3. The van der Waals surface area contributed by atoms with Gasteiger partial charge in [-0.05, 0) is 13.0 Å². The summed E-state index contributed by atoms with van der Waals surface area (Å²) in [6.07, 6.45) is 10.4. The van der Waals surface area contributed by atoms with Crippen molar-refractivity contribution in [3.63, 3.8) is 0 Å². The molecule has 0 aromatic carbocycles. The van der Waals surface area contributed by atoms with E-state index < -0.39 is 5.91 Å². The number of fused-ring (bicyclic) bond motifs is 1. The highest BCUT2D eigenvalue weighted by molar-refractivity contribution is 6.01. The lowest BCUT2D eigenvalue weighted by molar-refractivity contribution is 0.101. The number of aryl methyl sites for hydroxylation is 1. The number of rotatable bonds is 5. The van der Waals surface area contributed by atoms with Gasteiger partial charge in [0.15, 0.2) is 0 Å². The van der Waals surface area contributed by atoms with E-state index in [4.69, 9.17) is 0 Å². The molecule has 4 rings (SSSR count). The van der Waals surface area contributed by atoms with Crippen LogP contribution in [0.15, 0.2) is 43.2 Å². The van der Waals surface area contributed by atoms with Crippen LogP contribution >= 0.6 is 0 Å². The number of hydrogen-bond donors (Lipinski definition) is 1. The van der Waals surface area contributed by atoms with E-state index in [9.17, 15) is 4.79 Å². The average molecular weight is 337 g/mol. The van der Waals surface area contributed by atoms with Gasteiger partial charge in [0.1, 0.15) is 0 Å². The Balaban J connectivity index is 1.45. The molecule has 0 spiro atoms. The lowest BCUT2D eigenvalue weighted by Gasteiger charge is -1.98. The van der Waals surface area contributed by atoms with Gasteiger partial charge in [0.25, 0.3) is 11.7 Å². The fraction of sp³-hybridized carbons (Fsp3) is 0.200. The van der Waals surface area contributed by atoms with Gasteiger partial charge in [-0.3, -0.25) is 14.2 Å². The number of aromatic nitrogens is 8. The largest absolute Gasteiger partial charge is 0.316 e. The summed E-state index contributed by atoms with van der Waals surface area (Å²) in [7, 11) is 0. The molecule has 1 amide bonds. The number of amides is 1. The predicted molar refractivity (Wildman–Crippen MR) is 88.0 cm³/mol. The van der Waals surface area contributed by atoms with Gasteiger partial charge >= 0.3 is 0 Å². The van der Waals surface area contributed by atoms with Gasteiger partial charge in [0, 0.05) is 36.9 Å². The lowest BCUT2D eigenvalue weighted by atomic mass is 10.4. The minimum atomic E-state index is -0.413. The van der Waals surface area contributed by atoms with Crippen molar-refractivity contribution in [3.8, 4) is 0 Å². The van der Waals surface area contributed by atoms with Crippen molar-refractivity contribution in [3.05, 3.63) is 54.6 Å². The van der Waals surface area contributed by atoms with Crippen molar-refractivity contribution >= 4 is 17.4 Å². The molecule has 4 aromatic rings. The number of nitrogens with zero attached hydrogens (tertiary/aromatic N) is 8. The number of nitrogens with one attached hydrogen (secondary N) is 1. The van der Waals surface area contributed by atoms with E-state index >= 15 is 0 Å². The van der Waals surface area contributed by atoms with Gasteiger partial charge in [-0.25, -0.2) is 9.50 Å². The quantitative estimate of drug-likeness (QED) is 0.578. The van der Waals surface area contributed by atoms with E-state index in [1.54, 1.807) is 41.7 Å². The van der Waals surface area contributed by atoms with E-state index in [1.807, 2.05) is 17.8 Å². The SMILES string of the molecule is CCn1cc(Cn2cc(NC(=O)c3nc4ncccn4n3)cn2)cn1. The third-order valence-corrected chi connectivity index (χ3v) is 3.57. The normalized spacial score (nSPS) is 11.1. The van der Waals surface area contributed by atoms with Gasteiger partial charge in [-0.1, -0.05) is 0 Å². The molecule has 10 heteroatoms. The van der Waals surface area contributed by atoms with Crippen LogP contribution in [0.4, 0.5) is 5.69 Å². The molecular formula is C15H15N9O. The molecule has 0 aliphatic carbocycles. The minimum Gasteiger partial charge on any atom is -0.316 e. The highest BCUT2D eigenvalue weighted by Gasteiger charge is 2.14. The van der Waals surface area contributed by atoms with Crippen LogP contribution in [-0.4, -0.2) is 45.1 Å². The van der Waals surface area contributed by atoms with Gasteiger partial charge < -0.3 is 5.32 Å². The number of carbonyl (C=O) groups is 1. The Kier molecular flexibility index (Phi) is 3.69. The second-order valence-electron chi connectivity index (χ2n) is 5.38. The van der Waals surface area contributed by atoms with Crippen molar-refractivity contribution in [1.29, 1.82) is 0 Å². The predicted octanol–water partition coefficient (Wildman–Crippen LogP) is 0.838. The van der Waals surface area contributed by atoms with Crippen LogP contribution in [-0.2, 0) is 13.1 Å². The van der Waals surface area contributed by atoms with Gasteiger partial charge in [-0.15, -0.1) is 5.10 Å². The molecule has 4 heterocycles. The second-order valence-corrected chi connectivity index (χ2v) is 5.38. The standard InChI is InChI=1S/C15H15N9O/c1-2-22-8-11(6-17-22)9-23-10-12(7-18-23)19-14(25)13-20-15-16-4-3-5-24(15)21-13/h3-8,10H,2,9H2,1H3,(H,19,25). The molecule has 0 aliphatic rings. The lowest BCUT2D eigenvalue weighted by Crippen LogP contribution is -2.13. The van der Waals surface area contributed by atoms with E-state index in [0.717, 1.165) is 12.1 Å². The summed E-state index contributed by atoms with van der Waals surface area (Å²) in [5.74, 6) is 0.0100. The zero-order chi connectivity index (χ0) is 17.2. The Morgan fingerprint density at radius 2 is 2.08 bits per heavy atom. The van der Waals surface area contributed by atoms with Crippen molar-refractivity contribution in [2.75, 3.05) is 5.32 Å². The Hall–Kier alpha value is -3.56. The topological polar surface area (TPSA) is 108 Å². The first-order valence-corrected chi connectivity index (χ1v) is 7.74. The highest BCUT2D eigenvalue weighted by atomic mass is 16.2. The third-order valence-electron chi connectivity index (χ3n) is 3.57. The maximum absolute atomic E-state index is 12.3. The zero-order valence-electron chi connectivity index (χ0n) is 13.4. The van der Waals surface area contributed by atoms with Crippen molar-refractivity contribution in [2.45, 2.75) is 20.0 Å².